The number of carboxylic acids is 1. The van der Waals surface area contributed by atoms with E-state index in [4.69, 9.17) is 33.7 Å². The third-order valence-electron chi connectivity index (χ3n) is 5.75. The number of ether oxygens (including phenoxy) is 1. The van der Waals surface area contributed by atoms with E-state index in [1.807, 2.05) is 36.4 Å². The van der Waals surface area contributed by atoms with Gasteiger partial charge < -0.3 is 15.6 Å². The van der Waals surface area contributed by atoms with Crippen LogP contribution in [0.3, 0.4) is 0 Å². The Hall–Kier alpha value is -2.86. The fourth-order valence-electron chi connectivity index (χ4n) is 4.28. The van der Waals surface area contributed by atoms with Crippen LogP contribution in [0.5, 0.6) is 0 Å². The minimum Gasteiger partial charge on any atom is -0.481 e. The van der Waals surface area contributed by atoms with Crippen LogP contribution in [-0.2, 0) is 14.3 Å². The van der Waals surface area contributed by atoms with E-state index < -0.39 is 30.3 Å². The van der Waals surface area contributed by atoms with Gasteiger partial charge in [0.2, 0.25) is 0 Å². The summed E-state index contributed by atoms with van der Waals surface area (Å²) in [7, 11) is 0. The number of carbonyl (C=O) groups is 2. The zero-order valence-electron chi connectivity index (χ0n) is 17.0. The number of carbonyl (C=O) groups excluding carboxylic acids is 1. The summed E-state index contributed by atoms with van der Waals surface area (Å²) in [4.78, 5) is 24.4. The standard InChI is InChI=1S/C25H21Cl2NO4/c26-20-10-9-14(11-21(20)27)24(22(28)12-23(29)30)25(31)32-13-19-17-7-3-1-5-15(17)16-6-2-4-8-18(16)19/h1-11,19,22,24H,12-13,28H2,(H,29,30)/t22-,24?/m0/s1. The molecule has 5 nitrogen and oxygen atoms in total. The van der Waals surface area contributed by atoms with Gasteiger partial charge in [-0.25, -0.2) is 0 Å². The Morgan fingerprint density at radius 3 is 2.09 bits per heavy atom. The lowest BCUT2D eigenvalue weighted by Crippen LogP contribution is -2.37. The highest BCUT2D eigenvalue weighted by atomic mass is 35.5. The maximum atomic E-state index is 13.2. The van der Waals surface area contributed by atoms with Crippen molar-refractivity contribution >= 4 is 35.1 Å². The first-order valence-corrected chi connectivity index (χ1v) is 10.9. The number of hydrogen-bond donors (Lipinski definition) is 2. The summed E-state index contributed by atoms with van der Waals surface area (Å²) < 4.78 is 5.74. The Balaban J connectivity index is 1.60. The molecule has 1 unspecified atom stereocenters. The molecule has 0 saturated carbocycles. The van der Waals surface area contributed by atoms with E-state index in [2.05, 4.69) is 12.1 Å². The second-order valence-corrected chi connectivity index (χ2v) is 8.58. The molecule has 3 N–H and O–H groups in total. The Labute approximate surface area is 195 Å². The van der Waals surface area contributed by atoms with Crippen LogP contribution in [0.4, 0.5) is 0 Å². The summed E-state index contributed by atoms with van der Waals surface area (Å²) in [5, 5.41) is 9.78. The predicted octanol–water partition coefficient (Wildman–Crippen LogP) is 5.23. The van der Waals surface area contributed by atoms with Gasteiger partial charge in [0, 0.05) is 12.0 Å². The third kappa shape index (κ3) is 4.37. The van der Waals surface area contributed by atoms with E-state index in [-0.39, 0.29) is 17.5 Å². The van der Waals surface area contributed by atoms with Gasteiger partial charge in [-0.05, 0) is 39.9 Å². The summed E-state index contributed by atoms with van der Waals surface area (Å²) >= 11 is 12.1. The number of aliphatic carboxylic acids is 1. The van der Waals surface area contributed by atoms with Crippen LogP contribution >= 0.6 is 23.2 Å². The van der Waals surface area contributed by atoms with Gasteiger partial charge in [0.15, 0.2) is 0 Å². The number of rotatable bonds is 7. The summed E-state index contributed by atoms with van der Waals surface area (Å²) in [5.74, 6) is -2.81. The van der Waals surface area contributed by atoms with Crippen molar-refractivity contribution in [3.05, 3.63) is 93.5 Å². The van der Waals surface area contributed by atoms with Crippen LogP contribution in [0.25, 0.3) is 11.1 Å². The zero-order valence-corrected chi connectivity index (χ0v) is 18.5. The Kier molecular flexibility index (Phi) is 6.51. The van der Waals surface area contributed by atoms with Crippen LogP contribution in [0.1, 0.15) is 34.9 Å². The highest BCUT2D eigenvalue weighted by molar-refractivity contribution is 6.42. The van der Waals surface area contributed by atoms with Crippen molar-refractivity contribution < 1.29 is 19.4 Å². The molecule has 0 saturated heterocycles. The van der Waals surface area contributed by atoms with Gasteiger partial charge in [-0.1, -0.05) is 77.8 Å². The highest BCUT2D eigenvalue weighted by Crippen LogP contribution is 2.44. The molecule has 1 aliphatic carbocycles. The zero-order chi connectivity index (χ0) is 22.8. The number of benzene rings is 3. The van der Waals surface area contributed by atoms with E-state index >= 15 is 0 Å². The molecule has 0 heterocycles. The van der Waals surface area contributed by atoms with Crippen molar-refractivity contribution in [1.29, 1.82) is 0 Å². The molecule has 0 bridgehead atoms. The Morgan fingerprint density at radius 1 is 0.938 bits per heavy atom. The normalized spacial score (nSPS) is 14.3. The molecular formula is C25H21Cl2NO4. The van der Waals surface area contributed by atoms with Gasteiger partial charge in [-0.3, -0.25) is 9.59 Å². The minimum atomic E-state index is -1.10. The fourth-order valence-corrected chi connectivity index (χ4v) is 4.58. The minimum absolute atomic E-state index is 0.114. The van der Waals surface area contributed by atoms with Gasteiger partial charge in [0.1, 0.15) is 6.61 Å². The first kappa shape index (κ1) is 22.3. The number of hydrogen-bond acceptors (Lipinski definition) is 4. The monoisotopic (exact) mass is 469 g/mol. The Morgan fingerprint density at radius 2 is 1.53 bits per heavy atom. The molecule has 164 valence electrons. The van der Waals surface area contributed by atoms with E-state index in [0.717, 1.165) is 22.3 Å². The molecular weight excluding hydrogens is 449 g/mol. The maximum absolute atomic E-state index is 13.2. The van der Waals surface area contributed by atoms with Crippen LogP contribution in [0, 0.1) is 0 Å². The lowest BCUT2D eigenvalue weighted by molar-refractivity contribution is -0.146. The maximum Gasteiger partial charge on any atom is 0.315 e. The number of esters is 1. The molecule has 3 aromatic rings. The first-order chi connectivity index (χ1) is 15.4. The fraction of sp³-hybridized carbons (Fsp3) is 0.200. The molecule has 0 radical (unpaired) electrons. The van der Waals surface area contributed by atoms with Crippen LogP contribution in [0.15, 0.2) is 66.7 Å². The smallest absolute Gasteiger partial charge is 0.315 e. The quantitative estimate of drug-likeness (QED) is 0.462. The molecule has 32 heavy (non-hydrogen) atoms. The van der Waals surface area contributed by atoms with Crippen LogP contribution in [0.2, 0.25) is 10.0 Å². The van der Waals surface area contributed by atoms with Gasteiger partial charge in [-0.15, -0.1) is 0 Å². The molecule has 3 aromatic carbocycles. The van der Waals surface area contributed by atoms with Gasteiger partial charge in [0.25, 0.3) is 0 Å². The number of fused-ring (bicyclic) bond motifs is 3. The van der Waals surface area contributed by atoms with Crippen molar-refractivity contribution in [3.63, 3.8) is 0 Å². The SMILES string of the molecule is N[C@@H](CC(=O)O)C(C(=O)OCC1c2ccccc2-c2ccccc21)c1ccc(Cl)c(Cl)c1. The average Bonchev–Trinajstić information content (AvgIpc) is 3.08. The second kappa shape index (κ2) is 9.33. The predicted molar refractivity (Wildman–Crippen MR) is 124 cm³/mol. The van der Waals surface area contributed by atoms with Gasteiger partial charge >= 0.3 is 11.9 Å². The number of nitrogens with two attached hydrogens (primary N) is 1. The molecule has 4 rings (SSSR count). The summed E-state index contributed by atoms with van der Waals surface area (Å²) in [5.41, 5.74) is 11.0. The molecule has 0 amide bonds. The number of halogens is 2. The van der Waals surface area contributed by atoms with Crippen LogP contribution in [-0.4, -0.2) is 29.7 Å². The van der Waals surface area contributed by atoms with E-state index in [1.165, 1.54) is 6.07 Å². The lowest BCUT2D eigenvalue weighted by atomic mass is 9.90. The molecule has 0 fully saturated rings. The largest absolute Gasteiger partial charge is 0.481 e. The molecule has 0 spiro atoms. The molecule has 1 aliphatic rings. The van der Waals surface area contributed by atoms with E-state index in [9.17, 15) is 14.7 Å². The Bertz CT molecular complexity index is 1130. The topological polar surface area (TPSA) is 89.6 Å². The van der Waals surface area contributed by atoms with Crippen LogP contribution < -0.4 is 5.73 Å². The number of carboxylic acid groups (broad SMARTS) is 1. The van der Waals surface area contributed by atoms with Crippen molar-refractivity contribution in [2.24, 2.45) is 5.73 Å². The summed E-state index contributed by atoms with van der Waals surface area (Å²) in [6, 6.07) is 19.7. The molecule has 7 heteroatoms. The van der Waals surface area contributed by atoms with Crippen molar-refractivity contribution in [2.75, 3.05) is 6.61 Å². The first-order valence-electron chi connectivity index (χ1n) is 10.1. The average molecular weight is 470 g/mol. The molecule has 2 atom stereocenters. The second-order valence-electron chi connectivity index (χ2n) is 7.77. The molecule has 0 aliphatic heterocycles. The third-order valence-corrected chi connectivity index (χ3v) is 6.49. The van der Waals surface area contributed by atoms with Gasteiger partial charge in [0.05, 0.1) is 22.4 Å². The van der Waals surface area contributed by atoms with Gasteiger partial charge in [-0.2, -0.15) is 0 Å². The van der Waals surface area contributed by atoms with E-state index in [0.29, 0.717) is 10.6 Å². The van der Waals surface area contributed by atoms with Crippen molar-refractivity contribution in [1.82, 2.24) is 0 Å². The molecule has 0 aromatic heterocycles. The summed E-state index contributed by atoms with van der Waals surface area (Å²) in [6.07, 6.45) is -0.394. The lowest BCUT2D eigenvalue weighted by Gasteiger charge is -2.23. The van der Waals surface area contributed by atoms with Crippen molar-refractivity contribution in [3.8, 4) is 11.1 Å². The van der Waals surface area contributed by atoms with E-state index in [1.54, 1.807) is 12.1 Å². The highest BCUT2D eigenvalue weighted by Gasteiger charge is 2.34. The summed E-state index contributed by atoms with van der Waals surface area (Å²) in [6.45, 7) is 0.116. The van der Waals surface area contributed by atoms with Crippen molar-refractivity contribution in [2.45, 2.75) is 24.3 Å².